The molecule has 0 aromatic heterocycles. The predicted octanol–water partition coefficient (Wildman–Crippen LogP) is 5.50. The van der Waals surface area contributed by atoms with Crippen molar-refractivity contribution in [3.05, 3.63) is 23.3 Å². The maximum Gasteiger partial charge on any atom is 0.270 e. The number of alkyl halides is 2. The minimum absolute atomic E-state index is 0.0975. The lowest BCUT2D eigenvalue weighted by Gasteiger charge is -2.36. The molecule has 186 valence electrons. The highest BCUT2D eigenvalue weighted by molar-refractivity contribution is 5.21. The van der Waals surface area contributed by atoms with Gasteiger partial charge in [0.15, 0.2) is 0 Å². The summed E-state index contributed by atoms with van der Waals surface area (Å²) in [4.78, 5) is 4.32. The van der Waals surface area contributed by atoms with E-state index in [9.17, 15) is 17.6 Å². The molecule has 0 radical (unpaired) electrons. The number of methoxy groups -OCH3 is 1. The molecule has 3 aliphatic heterocycles. The van der Waals surface area contributed by atoms with Gasteiger partial charge in [0.25, 0.3) is 12.5 Å². The van der Waals surface area contributed by atoms with Crippen molar-refractivity contribution < 1.29 is 27.0 Å². The van der Waals surface area contributed by atoms with Gasteiger partial charge >= 0.3 is 0 Å². The number of nitrogens with zero attached hydrogens (tertiary/aromatic N) is 2. The topological polar surface area (TPSA) is 24.9 Å². The largest absolute Gasteiger partial charge is 0.383 e. The molecule has 0 N–H and O–H groups in total. The minimum Gasteiger partial charge on any atom is -0.383 e. The molecule has 3 aliphatic rings. The summed E-state index contributed by atoms with van der Waals surface area (Å²) in [6, 6.07) is 0. The third-order valence-electron chi connectivity index (χ3n) is 6.91. The number of likely N-dealkylation sites (N-methyl/N-ethyl adjacent to an activating group) is 1. The maximum atomic E-state index is 12.5. The molecule has 0 aromatic carbocycles. The van der Waals surface area contributed by atoms with Gasteiger partial charge in [0.1, 0.15) is 0 Å². The molecule has 32 heavy (non-hydrogen) atoms. The second-order valence-electron chi connectivity index (χ2n) is 9.75. The molecule has 0 saturated carbocycles. The summed E-state index contributed by atoms with van der Waals surface area (Å²) in [5, 5.41) is 0. The lowest BCUT2D eigenvalue weighted by atomic mass is 9.90. The second-order valence-corrected chi connectivity index (χ2v) is 9.75. The number of fused-ring (bicyclic) bond motifs is 1. The molecule has 2 atom stereocenters. The Morgan fingerprint density at radius 3 is 2.44 bits per heavy atom. The Balaban J connectivity index is 0.000000233. The van der Waals surface area contributed by atoms with Gasteiger partial charge in [-0.1, -0.05) is 18.9 Å². The fourth-order valence-electron chi connectivity index (χ4n) is 5.41. The lowest BCUT2D eigenvalue weighted by Crippen LogP contribution is -2.45. The Morgan fingerprint density at radius 2 is 1.88 bits per heavy atom. The number of hydrogen-bond acceptors (Lipinski definition) is 4. The van der Waals surface area contributed by atoms with Crippen LogP contribution in [-0.4, -0.2) is 80.4 Å². The number of likely N-dealkylation sites (tertiary alicyclic amines) is 1. The van der Waals surface area contributed by atoms with E-state index in [1.165, 1.54) is 0 Å². The van der Waals surface area contributed by atoms with Crippen molar-refractivity contribution in [3.8, 4) is 0 Å². The van der Waals surface area contributed by atoms with Crippen molar-refractivity contribution in [3.63, 3.8) is 0 Å². The zero-order valence-corrected chi connectivity index (χ0v) is 20.2. The third kappa shape index (κ3) is 6.78. The fourth-order valence-corrected chi connectivity index (χ4v) is 5.41. The van der Waals surface area contributed by atoms with Gasteiger partial charge < -0.3 is 9.47 Å². The summed E-state index contributed by atoms with van der Waals surface area (Å²) in [5.41, 5.74) is 0.933. The van der Waals surface area contributed by atoms with E-state index in [1.807, 2.05) is 20.9 Å². The van der Waals surface area contributed by atoms with Crippen molar-refractivity contribution in [2.24, 2.45) is 0 Å². The maximum absolute atomic E-state index is 12.5. The molecular weight excluding hydrogens is 424 g/mol. The van der Waals surface area contributed by atoms with E-state index in [1.54, 1.807) is 7.11 Å². The molecule has 2 unspecified atom stereocenters. The van der Waals surface area contributed by atoms with E-state index in [2.05, 4.69) is 16.7 Å². The molecule has 3 rings (SSSR count). The average Bonchev–Trinajstić information content (AvgIpc) is 3.32. The zero-order chi connectivity index (χ0) is 23.9. The molecule has 0 amide bonds. The van der Waals surface area contributed by atoms with Crippen LogP contribution < -0.4 is 0 Å². The summed E-state index contributed by atoms with van der Waals surface area (Å²) in [6.45, 7) is 9.33. The van der Waals surface area contributed by atoms with E-state index >= 15 is 0 Å². The van der Waals surface area contributed by atoms with Crippen molar-refractivity contribution >= 4 is 0 Å². The first-order valence-corrected chi connectivity index (χ1v) is 11.6. The van der Waals surface area contributed by atoms with Gasteiger partial charge in [-0.25, -0.2) is 8.78 Å². The smallest absolute Gasteiger partial charge is 0.270 e. The zero-order valence-electron chi connectivity index (χ0n) is 20.2. The van der Waals surface area contributed by atoms with Gasteiger partial charge in [-0.05, 0) is 65.6 Å². The van der Waals surface area contributed by atoms with E-state index in [0.717, 1.165) is 43.9 Å². The monoisotopic (exact) mass is 464 g/mol. The Labute approximate surface area is 190 Å². The molecule has 3 fully saturated rings. The van der Waals surface area contributed by atoms with Crippen LogP contribution in [0.2, 0.25) is 0 Å². The lowest BCUT2D eigenvalue weighted by molar-refractivity contribution is -0.00874. The Morgan fingerprint density at radius 1 is 1.16 bits per heavy atom. The molecule has 0 spiro atoms. The predicted molar refractivity (Wildman–Crippen MR) is 119 cm³/mol. The minimum atomic E-state index is -2.35. The quantitative estimate of drug-likeness (QED) is 0.350. The summed E-state index contributed by atoms with van der Waals surface area (Å²) < 4.78 is 60.7. The number of rotatable bonds is 8. The Bertz CT molecular complexity index is 666. The van der Waals surface area contributed by atoms with Crippen LogP contribution in [0, 0.1) is 0 Å². The van der Waals surface area contributed by atoms with Crippen LogP contribution >= 0.6 is 0 Å². The van der Waals surface area contributed by atoms with E-state index in [-0.39, 0.29) is 17.2 Å². The first-order chi connectivity index (χ1) is 15.1. The summed E-state index contributed by atoms with van der Waals surface area (Å²) in [6.07, 6.45) is 2.73. The number of halogens is 4. The van der Waals surface area contributed by atoms with Crippen LogP contribution in [0.25, 0.3) is 0 Å². The second kappa shape index (κ2) is 12.0. The molecule has 3 heterocycles. The molecule has 0 aromatic rings. The highest BCUT2D eigenvalue weighted by atomic mass is 19.3. The van der Waals surface area contributed by atoms with Gasteiger partial charge in [0.2, 0.25) is 0 Å². The summed E-state index contributed by atoms with van der Waals surface area (Å²) >= 11 is 0. The average molecular weight is 465 g/mol. The molecule has 0 aliphatic carbocycles. The third-order valence-corrected chi connectivity index (χ3v) is 6.91. The van der Waals surface area contributed by atoms with Crippen LogP contribution in [0.3, 0.4) is 0 Å². The van der Waals surface area contributed by atoms with E-state index < -0.39 is 12.5 Å². The van der Waals surface area contributed by atoms with E-state index in [0.29, 0.717) is 44.7 Å². The highest BCUT2D eigenvalue weighted by Crippen LogP contribution is 2.42. The van der Waals surface area contributed by atoms with Gasteiger partial charge in [0.05, 0.1) is 19.3 Å². The molecular formula is C24H40F4N2O2. The number of hydrogen-bond donors (Lipinski definition) is 0. The molecule has 8 heteroatoms. The highest BCUT2D eigenvalue weighted by Gasteiger charge is 2.47. The number of allylic oxidation sites excluding steroid dienone is 1. The van der Waals surface area contributed by atoms with Crippen molar-refractivity contribution in [2.75, 3.05) is 47.0 Å². The van der Waals surface area contributed by atoms with Gasteiger partial charge in [0, 0.05) is 36.9 Å². The standard InChI is InChI=1S/C14H25F2NO.C10H15F2NO/c1-5-6-14(10-18-11(2)3)8-12(7-13(15)16)9-17(14)4;1-14-7-10-3-2-4-13(10)6-8(5-10)9(11)12/h7,11,13H,5-6,8-10H2,1-4H3;2-7H2,1H3/b12-7-;. The van der Waals surface area contributed by atoms with Gasteiger partial charge in [-0.15, -0.1) is 0 Å². The molecule has 3 saturated heterocycles. The molecule has 0 bridgehead atoms. The van der Waals surface area contributed by atoms with Crippen LogP contribution in [0.1, 0.15) is 59.3 Å². The van der Waals surface area contributed by atoms with Crippen molar-refractivity contribution in [1.29, 1.82) is 0 Å². The molecule has 4 nitrogen and oxygen atoms in total. The summed E-state index contributed by atoms with van der Waals surface area (Å²) in [7, 11) is 3.64. The first-order valence-electron chi connectivity index (χ1n) is 11.6. The SMILES string of the molecule is CCCC1(COC(C)C)C/C(=C/C(F)F)CN1C.COCC12CCCN1CC(=C(F)F)C2. The van der Waals surface area contributed by atoms with Gasteiger partial charge in [-0.2, -0.15) is 8.78 Å². The van der Waals surface area contributed by atoms with E-state index in [4.69, 9.17) is 9.47 Å². The van der Waals surface area contributed by atoms with Gasteiger partial charge in [-0.3, -0.25) is 9.80 Å². The number of ether oxygens (including phenoxy) is 2. The van der Waals surface area contributed by atoms with Crippen molar-refractivity contribution in [1.82, 2.24) is 9.80 Å². The van der Waals surface area contributed by atoms with Crippen LogP contribution in [0.15, 0.2) is 23.3 Å². The fraction of sp³-hybridized carbons (Fsp3) is 0.833. The van der Waals surface area contributed by atoms with Crippen molar-refractivity contribution in [2.45, 2.75) is 82.9 Å². The first kappa shape index (κ1) is 27.3. The van der Waals surface area contributed by atoms with Crippen LogP contribution in [-0.2, 0) is 9.47 Å². The van der Waals surface area contributed by atoms with Crippen LogP contribution in [0.4, 0.5) is 17.6 Å². The Kier molecular flexibility index (Phi) is 10.2. The van der Waals surface area contributed by atoms with Crippen LogP contribution in [0.5, 0.6) is 0 Å². The Hall–Kier alpha value is -0.960. The summed E-state index contributed by atoms with van der Waals surface area (Å²) in [5.74, 6) is 0. The normalized spacial score (nSPS) is 29.8.